The van der Waals surface area contributed by atoms with Crippen molar-refractivity contribution >= 4 is 11.6 Å². The van der Waals surface area contributed by atoms with Gasteiger partial charge in [-0.05, 0) is 55.5 Å². The van der Waals surface area contributed by atoms with Crippen molar-refractivity contribution in [3.05, 3.63) is 34.6 Å². The lowest BCUT2D eigenvalue weighted by Gasteiger charge is -2.36. The van der Waals surface area contributed by atoms with Crippen molar-refractivity contribution in [1.82, 2.24) is 5.32 Å². The van der Waals surface area contributed by atoms with Crippen molar-refractivity contribution in [2.75, 3.05) is 19.7 Å². The SMILES string of the molecule is OCC1(Cc2ccc(F)c(Cl)c2)CCNCC1. The molecule has 0 radical (unpaired) electrons. The lowest BCUT2D eigenvalue weighted by molar-refractivity contribution is 0.0893. The van der Waals surface area contributed by atoms with Crippen LogP contribution in [0.1, 0.15) is 18.4 Å². The minimum absolute atomic E-state index is 0.0770. The van der Waals surface area contributed by atoms with Gasteiger partial charge >= 0.3 is 0 Å². The number of benzene rings is 1. The van der Waals surface area contributed by atoms with Crippen molar-refractivity contribution in [2.24, 2.45) is 5.41 Å². The van der Waals surface area contributed by atoms with Crippen LogP contribution in [0.5, 0.6) is 0 Å². The van der Waals surface area contributed by atoms with Crippen molar-refractivity contribution in [1.29, 1.82) is 0 Å². The number of hydrogen-bond acceptors (Lipinski definition) is 2. The Bertz CT molecular complexity index is 391. The van der Waals surface area contributed by atoms with E-state index in [9.17, 15) is 9.50 Å². The molecule has 0 aromatic heterocycles. The topological polar surface area (TPSA) is 32.3 Å². The van der Waals surface area contributed by atoms with Gasteiger partial charge in [0.25, 0.3) is 0 Å². The van der Waals surface area contributed by atoms with E-state index in [4.69, 9.17) is 11.6 Å². The van der Waals surface area contributed by atoms with Gasteiger partial charge in [0.2, 0.25) is 0 Å². The molecule has 2 N–H and O–H groups in total. The van der Waals surface area contributed by atoms with Crippen molar-refractivity contribution < 1.29 is 9.50 Å². The summed E-state index contributed by atoms with van der Waals surface area (Å²) in [5.74, 6) is -0.390. The second-order valence-corrected chi connectivity index (χ2v) is 5.24. The molecule has 1 aliphatic rings. The number of aliphatic hydroxyl groups excluding tert-OH is 1. The molecule has 0 bridgehead atoms. The standard InChI is InChI=1S/C13H17ClFNO/c14-11-7-10(1-2-12(11)15)8-13(9-17)3-5-16-6-4-13/h1-2,7,16-17H,3-6,8-9H2. The second-order valence-electron chi connectivity index (χ2n) is 4.83. The zero-order valence-corrected chi connectivity index (χ0v) is 10.4. The third-order valence-corrected chi connectivity index (χ3v) is 3.85. The number of aliphatic hydroxyl groups is 1. The maximum atomic E-state index is 13.1. The summed E-state index contributed by atoms with van der Waals surface area (Å²) in [4.78, 5) is 0. The Labute approximate surface area is 106 Å². The number of nitrogens with one attached hydrogen (secondary N) is 1. The van der Waals surface area contributed by atoms with E-state index in [0.717, 1.165) is 37.9 Å². The van der Waals surface area contributed by atoms with Gasteiger partial charge in [-0.3, -0.25) is 0 Å². The van der Waals surface area contributed by atoms with Gasteiger partial charge in [0.05, 0.1) is 5.02 Å². The summed E-state index contributed by atoms with van der Waals surface area (Å²) in [6, 6.07) is 4.81. The second kappa shape index (κ2) is 5.34. The monoisotopic (exact) mass is 257 g/mol. The molecule has 1 aromatic carbocycles. The summed E-state index contributed by atoms with van der Waals surface area (Å²) in [7, 11) is 0. The highest BCUT2D eigenvalue weighted by Gasteiger charge is 2.31. The van der Waals surface area contributed by atoms with Crippen LogP contribution >= 0.6 is 11.6 Å². The van der Waals surface area contributed by atoms with Crippen molar-refractivity contribution in [3.63, 3.8) is 0 Å². The van der Waals surface area contributed by atoms with E-state index in [1.807, 2.05) is 0 Å². The first kappa shape index (κ1) is 12.8. The van der Waals surface area contributed by atoms with Crippen LogP contribution in [-0.2, 0) is 6.42 Å². The molecule has 1 aromatic rings. The van der Waals surface area contributed by atoms with E-state index < -0.39 is 5.82 Å². The molecule has 1 saturated heterocycles. The molecule has 4 heteroatoms. The van der Waals surface area contributed by atoms with Gasteiger partial charge in [-0.1, -0.05) is 17.7 Å². The average molecular weight is 258 g/mol. The minimum Gasteiger partial charge on any atom is -0.396 e. The zero-order valence-electron chi connectivity index (χ0n) is 9.68. The summed E-state index contributed by atoms with van der Waals surface area (Å²) < 4.78 is 13.1. The molecule has 1 fully saturated rings. The van der Waals surface area contributed by atoms with Crippen LogP contribution in [0.25, 0.3) is 0 Å². The largest absolute Gasteiger partial charge is 0.396 e. The van der Waals surface area contributed by atoms with E-state index in [2.05, 4.69) is 5.32 Å². The van der Waals surface area contributed by atoms with Gasteiger partial charge in [-0.2, -0.15) is 0 Å². The van der Waals surface area contributed by atoms with E-state index in [1.54, 1.807) is 12.1 Å². The van der Waals surface area contributed by atoms with E-state index in [-0.39, 0.29) is 17.0 Å². The maximum absolute atomic E-state index is 13.1. The maximum Gasteiger partial charge on any atom is 0.141 e. The first-order valence-corrected chi connectivity index (χ1v) is 6.29. The van der Waals surface area contributed by atoms with Crippen LogP contribution < -0.4 is 5.32 Å². The molecule has 17 heavy (non-hydrogen) atoms. The molecule has 0 atom stereocenters. The summed E-state index contributed by atoms with van der Waals surface area (Å²) >= 11 is 5.77. The molecule has 2 rings (SSSR count). The fourth-order valence-electron chi connectivity index (χ4n) is 2.43. The van der Waals surface area contributed by atoms with Crippen LogP contribution in [0.2, 0.25) is 5.02 Å². The average Bonchev–Trinajstić information content (AvgIpc) is 2.35. The fraction of sp³-hybridized carbons (Fsp3) is 0.538. The Morgan fingerprint density at radius 2 is 2.06 bits per heavy atom. The summed E-state index contributed by atoms with van der Waals surface area (Å²) in [6.45, 7) is 2.02. The Hall–Kier alpha value is -0.640. The number of rotatable bonds is 3. The smallest absolute Gasteiger partial charge is 0.141 e. The molecular formula is C13H17ClFNO. The molecule has 0 spiro atoms. The highest BCUT2D eigenvalue weighted by molar-refractivity contribution is 6.30. The first-order chi connectivity index (χ1) is 8.15. The van der Waals surface area contributed by atoms with Gasteiger partial charge in [0.1, 0.15) is 5.82 Å². The molecule has 2 nitrogen and oxygen atoms in total. The van der Waals surface area contributed by atoms with Crippen LogP contribution in [0.4, 0.5) is 4.39 Å². The number of halogens is 2. The quantitative estimate of drug-likeness (QED) is 0.872. The highest BCUT2D eigenvalue weighted by Crippen LogP contribution is 2.33. The van der Waals surface area contributed by atoms with Crippen LogP contribution in [0.3, 0.4) is 0 Å². The molecule has 1 heterocycles. The summed E-state index contributed by atoms with van der Waals surface area (Å²) in [5, 5.41) is 13.0. The molecule has 0 amide bonds. The van der Waals surface area contributed by atoms with Crippen molar-refractivity contribution in [3.8, 4) is 0 Å². The molecule has 0 aliphatic carbocycles. The number of piperidine rings is 1. The van der Waals surface area contributed by atoms with Crippen LogP contribution in [-0.4, -0.2) is 24.8 Å². The summed E-state index contributed by atoms with van der Waals surface area (Å²) in [5.41, 5.74) is 0.916. The fourth-order valence-corrected chi connectivity index (χ4v) is 2.63. The Kier molecular flexibility index (Phi) is 4.02. The van der Waals surface area contributed by atoms with E-state index in [1.165, 1.54) is 6.07 Å². The van der Waals surface area contributed by atoms with Gasteiger partial charge in [0, 0.05) is 6.61 Å². The Morgan fingerprint density at radius 1 is 1.35 bits per heavy atom. The van der Waals surface area contributed by atoms with Gasteiger partial charge in [-0.25, -0.2) is 4.39 Å². The lowest BCUT2D eigenvalue weighted by atomic mass is 9.75. The predicted octanol–water partition coefficient (Wildman–Crippen LogP) is 2.38. The third kappa shape index (κ3) is 2.97. The first-order valence-electron chi connectivity index (χ1n) is 5.91. The van der Waals surface area contributed by atoms with Gasteiger partial charge in [-0.15, -0.1) is 0 Å². The van der Waals surface area contributed by atoms with Crippen molar-refractivity contribution in [2.45, 2.75) is 19.3 Å². The molecule has 1 aliphatic heterocycles. The van der Waals surface area contributed by atoms with Crippen LogP contribution in [0, 0.1) is 11.2 Å². The highest BCUT2D eigenvalue weighted by atomic mass is 35.5. The minimum atomic E-state index is -0.390. The lowest BCUT2D eigenvalue weighted by Crippen LogP contribution is -2.40. The number of hydrogen-bond donors (Lipinski definition) is 2. The summed E-state index contributed by atoms with van der Waals surface area (Å²) in [6.07, 6.45) is 2.64. The van der Waals surface area contributed by atoms with Crippen LogP contribution in [0.15, 0.2) is 18.2 Å². The molecular weight excluding hydrogens is 241 g/mol. The predicted molar refractivity (Wildman–Crippen MR) is 66.7 cm³/mol. The van der Waals surface area contributed by atoms with Gasteiger partial charge < -0.3 is 10.4 Å². The Balaban J connectivity index is 2.14. The molecule has 94 valence electrons. The molecule has 0 saturated carbocycles. The van der Waals surface area contributed by atoms with E-state index in [0.29, 0.717) is 0 Å². The Morgan fingerprint density at radius 3 is 2.65 bits per heavy atom. The third-order valence-electron chi connectivity index (χ3n) is 3.56. The molecule has 0 unspecified atom stereocenters. The zero-order chi connectivity index (χ0) is 12.3. The van der Waals surface area contributed by atoms with Gasteiger partial charge in [0.15, 0.2) is 0 Å². The normalized spacial score (nSPS) is 19.2. The van der Waals surface area contributed by atoms with E-state index >= 15 is 0 Å².